The zero-order chi connectivity index (χ0) is 14.7. The van der Waals surface area contributed by atoms with Gasteiger partial charge in [-0.3, -0.25) is 9.00 Å². The largest absolute Gasteiger partial charge is 0.391 e. The summed E-state index contributed by atoms with van der Waals surface area (Å²) in [4.78, 5) is 14.7. The smallest absolute Gasteiger partial charge is 0.253 e. The van der Waals surface area contributed by atoms with Crippen molar-refractivity contribution in [2.24, 2.45) is 0 Å². The molecule has 0 aromatic heterocycles. The first-order valence-electron chi connectivity index (χ1n) is 6.97. The second-order valence-electron chi connectivity index (χ2n) is 5.42. The third-order valence-corrected chi connectivity index (χ3v) is 5.04. The lowest BCUT2D eigenvalue weighted by Gasteiger charge is -2.30. The number of β-amino-alcohol motifs (C(OH)–C–C–N with tert-alkyl or cyclic N) is 1. The Morgan fingerprint density at radius 3 is 2.55 bits per heavy atom. The highest BCUT2D eigenvalue weighted by Gasteiger charge is 2.23. The Kier molecular flexibility index (Phi) is 4.94. The molecule has 2 atom stereocenters. The highest BCUT2D eigenvalue weighted by Crippen LogP contribution is 2.16. The highest BCUT2D eigenvalue weighted by atomic mass is 32.2. The Morgan fingerprint density at radius 1 is 1.35 bits per heavy atom. The summed E-state index contributed by atoms with van der Waals surface area (Å²) in [5.41, 5.74) is 0.587. The summed E-state index contributed by atoms with van der Waals surface area (Å²) in [5, 5.41) is 9.68. The third kappa shape index (κ3) is 3.46. The summed E-state index contributed by atoms with van der Waals surface area (Å²) in [6, 6.07) is 6.95. The molecule has 0 saturated carbocycles. The molecule has 1 aliphatic rings. The third-order valence-electron chi connectivity index (χ3n) is 3.45. The molecule has 1 heterocycles. The average Bonchev–Trinajstić information content (AvgIpc) is 2.46. The molecule has 0 aliphatic carbocycles. The molecule has 1 aliphatic heterocycles. The highest BCUT2D eigenvalue weighted by molar-refractivity contribution is 7.85. The molecule has 5 heteroatoms. The fourth-order valence-electron chi connectivity index (χ4n) is 2.33. The molecule has 0 bridgehead atoms. The van der Waals surface area contributed by atoms with Crippen molar-refractivity contribution >= 4 is 16.7 Å². The van der Waals surface area contributed by atoms with Gasteiger partial charge in [-0.1, -0.05) is 13.8 Å². The second-order valence-corrected chi connectivity index (χ2v) is 7.43. The van der Waals surface area contributed by atoms with Crippen LogP contribution in [0.5, 0.6) is 0 Å². The molecule has 2 unspecified atom stereocenters. The lowest BCUT2D eigenvalue weighted by molar-refractivity contribution is 0.0473. The van der Waals surface area contributed by atoms with Gasteiger partial charge in [0, 0.05) is 28.8 Å². The molecular formula is C15H21NO3S. The van der Waals surface area contributed by atoms with Gasteiger partial charge in [0.15, 0.2) is 0 Å². The number of aliphatic hydroxyl groups excluding tert-OH is 1. The van der Waals surface area contributed by atoms with Gasteiger partial charge >= 0.3 is 0 Å². The van der Waals surface area contributed by atoms with Crippen LogP contribution < -0.4 is 0 Å². The predicted octanol–water partition coefficient (Wildman–Crippen LogP) is 1.80. The number of aliphatic hydroxyl groups is 1. The fourth-order valence-corrected chi connectivity index (χ4v) is 3.27. The van der Waals surface area contributed by atoms with Crippen LogP contribution in [0.15, 0.2) is 29.2 Å². The van der Waals surface area contributed by atoms with Crippen LogP contribution in [-0.2, 0) is 10.8 Å². The van der Waals surface area contributed by atoms with Gasteiger partial charge in [0.2, 0.25) is 0 Å². The lowest BCUT2D eigenvalue weighted by Crippen LogP contribution is -2.42. The Balaban J connectivity index is 2.09. The number of carbonyl (C=O) groups excluding carboxylic acids is 1. The van der Waals surface area contributed by atoms with Gasteiger partial charge in [0.25, 0.3) is 5.91 Å². The Hall–Kier alpha value is -1.20. The van der Waals surface area contributed by atoms with E-state index in [1.807, 2.05) is 13.8 Å². The van der Waals surface area contributed by atoms with Crippen molar-refractivity contribution in [2.45, 2.75) is 42.9 Å². The molecule has 1 amide bonds. The lowest BCUT2D eigenvalue weighted by atomic mass is 10.1. The number of benzene rings is 1. The minimum absolute atomic E-state index is 0.0637. The summed E-state index contributed by atoms with van der Waals surface area (Å²) in [5.74, 6) is -0.0642. The number of amides is 1. The van der Waals surface area contributed by atoms with E-state index in [0.29, 0.717) is 18.7 Å². The molecule has 0 radical (unpaired) electrons. The minimum Gasteiger partial charge on any atom is -0.391 e. The molecule has 1 aromatic rings. The number of rotatable bonds is 3. The van der Waals surface area contributed by atoms with E-state index in [0.717, 1.165) is 17.7 Å². The first-order chi connectivity index (χ1) is 9.49. The number of nitrogens with zero attached hydrogens (tertiary/aromatic N) is 1. The Labute approximate surface area is 122 Å². The molecule has 1 saturated heterocycles. The predicted molar refractivity (Wildman–Crippen MR) is 79.1 cm³/mol. The van der Waals surface area contributed by atoms with Crippen LogP contribution in [0.3, 0.4) is 0 Å². The molecule has 1 fully saturated rings. The van der Waals surface area contributed by atoms with E-state index < -0.39 is 16.9 Å². The summed E-state index contributed by atoms with van der Waals surface area (Å²) in [6.45, 7) is 4.91. The zero-order valence-electron chi connectivity index (χ0n) is 11.9. The van der Waals surface area contributed by atoms with Crippen molar-refractivity contribution in [2.75, 3.05) is 13.1 Å². The summed E-state index contributed by atoms with van der Waals surface area (Å²) in [7, 11) is -1.03. The van der Waals surface area contributed by atoms with Crippen molar-refractivity contribution in [3.05, 3.63) is 29.8 Å². The zero-order valence-corrected chi connectivity index (χ0v) is 12.7. The van der Waals surface area contributed by atoms with Crippen molar-refractivity contribution < 1.29 is 14.1 Å². The van der Waals surface area contributed by atoms with E-state index in [9.17, 15) is 14.1 Å². The minimum atomic E-state index is -1.03. The van der Waals surface area contributed by atoms with E-state index in [1.165, 1.54) is 0 Å². The number of piperidine rings is 1. The summed E-state index contributed by atoms with van der Waals surface area (Å²) < 4.78 is 12.0. The maximum absolute atomic E-state index is 12.3. The van der Waals surface area contributed by atoms with Crippen molar-refractivity contribution in [3.63, 3.8) is 0 Å². The van der Waals surface area contributed by atoms with Crippen molar-refractivity contribution in [1.82, 2.24) is 4.90 Å². The van der Waals surface area contributed by atoms with E-state index in [2.05, 4.69) is 0 Å². The standard InChI is InChI=1S/C15H21NO3S/c1-11(2)20(19)14-7-5-12(6-8-14)15(18)16-9-3-4-13(17)10-16/h5-8,11,13,17H,3-4,9-10H2,1-2H3. The van der Waals surface area contributed by atoms with Gasteiger partial charge in [-0.25, -0.2) is 0 Å². The fraction of sp³-hybridized carbons (Fsp3) is 0.533. The number of likely N-dealkylation sites (tertiary alicyclic amines) is 1. The Bertz CT molecular complexity index is 498. The first-order valence-corrected chi connectivity index (χ1v) is 8.18. The molecule has 20 heavy (non-hydrogen) atoms. The number of hydrogen-bond donors (Lipinski definition) is 1. The number of carbonyl (C=O) groups is 1. The van der Waals surface area contributed by atoms with Crippen LogP contribution in [0.4, 0.5) is 0 Å². The van der Waals surface area contributed by atoms with Gasteiger partial charge in [0.1, 0.15) is 0 Å². The monoisotopic (exact) mass is 295 g/mol. The molecule has 0 spiro atoms. The van der Waals surface area contributed by atoms with Gasteiger partial charge < -0.3 is 10.0 Å². The Morgan fingerprint density at radius 2 is 2.00 bits per heavy atom. The topological polar surface area (TPSA) is 57.6 Å². The second kappa shape index (κ2) is 6.50. The average molecular weight is 295 g/mol. The molecule has 2 rings (SSSR count). The van der Waals surface area contributed by atoms with Crippen LogP contribution in [0.2, 0.25) is 0 Å². The maximum atomic E-state index is 12.3. The quantitative estimate of drug-likeness (QED) is 0.925. The van der Waals surface area contributed by atoms with E-state index >= 15 is 0 Å². The SMILES string of the molecule is CC(C)S(=O)c1ccc(C(=O)N2CCCC(O)C2)cc1. The normalized spacial score (nSPS) is 21.0. The van der Waals surface area contributed by atoms with Gasteiger partial charge in [-0.15, -0.1) is 0 Å². The van der Waals surface area contributed by atoms with Crippen LogP contribution in [0, 0.1) is 0 Å². The maximum Gasteiger partial charge on any atom is 0.253 e. The molecule has 1 aromatic carbocycles. The first kappa shape index (κ1) is 15.2. The van der Waals surface area contributed by atoms with Gasteiger partial charge in [-0.05, 0) is 37.1 Å². The van der Waals surface area contributed by atoms with Crippen LogP contribution in [0.1, 0.15) is 37.0 Å². The van der Waals surface area contributed by atoms with Gasteiger partial charge in [0.05, 0.1) is 16.9 Å². The molecule has 4 nitrogen and oxygen atoms in total. The number of hydrogen-bond acceptors (Lipinski definition) is 3. The van der Waals surface area contributed by atoms with Gasteiger partial charge in [-0.2, -0.15) is 0 Å². The van der Waals surface area contributed by atoms with E-state index in [1.54, 1.807) is 29.2 Å². The van der Waals surface area contributed by atoms with Crippen LogP contribution >= 0.6 is 0 Å². The van der Waals surface area contributed by atoms with E-state index in [-0.39, 0.29) is 11.2 Å². The molecule has 1 N–H and O–H groups in total. The molecule has 110 valence electrons. The van der Waals surface area contributed by atoms with Crippen molar-refractivity contribution in [3.8, 4) is 0 Å². The summed E-state index contributed by atoms with van der Waals surface area (Å²) in [6.07, 6.45) is 1.18. The van der Waals surface area contributed by atoms with Crippen molar-refractivity contribution in [1.29, 1.82) is 0 Å². The summed E-state index contributed by atoms with van der Waals surface area (Å²) >= 11 is 0. The molecular weight excluding hydrogens is 274 g/mol. The van der Waals surface area contributed by atoms with Crippen LogP contribution in [-0.4, -0.2) is 44.6 Å². The van der Waals surface area contributed by atoms with E-state index in [4.69, 9.17) is 0 Å². The van der Waals surface area contributed by atoms with Crippen LogP contribution in [0.25, 0.3) is 0 Å².